The normalized spacial score (nSPS) is 27.6. The summed E-state index contributed by atoms with van der Waals surface area (Å²) in [5.41, 5.74) is 1.31. The van der Waals surface area contributed by atoms with Gasteiger partial charge >= 0.3 is 0 Å². The number of fused-ring (bicyclic) bond motifs is 1. The molecule has 166 valence electrons. The Hall–Kier alpha value is -1.63. The molecule has 3 heterocycles. The molecule has 30 heavy (non-hydrogen) atoms. The van der Waals surface area contributed by atoms with E-state index in [1.807, 2.05) is 12.1 Å². The van der Waals surface area contributed by atoms with E-state index >= 15 is 0 Å². The lowest BCUT2D eigenvalue weighted by Gasteiger charge is -2.35. The van der Waals surface area contributed by atoms with Crippen molar-refractivity contribution in [2.75, 3.05) is 46.6 Å². The second-order valence-electron chi connectivity index (χ2n) is 9.07. The highest BCUT2D eigenvalue weighted by atomic mass is 16.5. The summed E-state index contributed by atoms with van der Waals surface area (Å²) in [5, 5.41) is 3.12. The lowest BCUT2D eigenvalue weighted by Crippen LogP contribution is -2.42. The van der Waals surface area contributed by atoms with E-state index in [0.717, 1.165) is 77.4 Å². The zero-order valence-electron chi connectivity index (χ0n) is 18.2. The van der Waals surface area contributed by atoms with Crippen molar-refractivity contribution in [1.82, 2.24) is 10.2 Å². The summed E-state index contributed by atoms with van der Waals surface area (Å²) in [6.45, 7) is 6.38. The second-order valence-corrected chi connectivity index (χ2v) is 9.07. The molecule has 6 nitrogen and oxygen atoms in total. The third-order valence-electron chi connectivity index (χ3n) is 7.05. The van der Waals surface area contributed by atoms with Crippen LogP contribution in [0.1, 0.15) is 37.7 Å². The van der Waals surface area contributed by atoms with E-state index in [2.05, 4.69) is 22.3 Å². The Morgan fingerprint density at radius 2 is 2.00 bits per heavy atom. The van der Waals surface area contributed by atoms with Crippen LogP contribution in [0.15, 0.2) is 24.3 Å². The standard InChI is InChI=1S/C24H36N2O4/c1-28-21-4-2-19(3-5-21)15-26-11-7-22-20(16-26)17-30-23(22)14-24(27)25-10-6-18-8-12-29-13-9-18/h2-5,18,20,22-23H,6-17H2,1H3,(H,25,27)/t20-,22-,23+/m1/s1. The van der Waals surface area contributed by atoms with Gasteiger partial charge in [0.25, 0.3) is 0 Å². The number of nitrogens with one attached hydrogen (secondary N) is 1. The van der Waals surface area contributed by atoms with Crippen molar-refractivity contribution in [2.45, 2.75) is 44.8 Å². The number of hydrogen-bond acceptors (Lipinski definition) is 5. The van der Waals surface area contributed by atoms with E-state index in [1.165, 1.54) is 5.56 Å². The average molecular weight is 417 g/mol. The molecule has 0 radical (unpaired) electrons. The van der Waals surface area contributed by atoms with Crippen LogP contribution in [0.4, 0.5) is 0 Å². The van der Waals surface area contributed by atoms with E-state index in [4.69, 9.17) is 14.2 Å². The van der Waals surface area contributed by atoms with Crippen LogP contribution in [0.2, 0.25) is 0 Å². The van der Waals surface area contributed by atoms with Crippen LogP contribution in [-0.4, -0.2) is 63.5 Å². The van der Waals surface area contributed by atoms with Crippen molar-refractivity contribution < 1.29 is 19.0 Å². The van der Waals surface area contributed by atoms with Crippen molar-refractivity contribution in [3.63, 3.8) is 0 Å². The second kappa shape index (κ2) is 10.6. The van der Waals surface area contributed by atoms with Crippen molar-refractivity contribution in [3.8, 4) is 5.75 Å². The van der Waals surface area contributed by atoms with Crippen LogP contribution >= 0.6 is 0 Å². The molecule has 3 saturated heterocycles. The highest BCUT2D eigenvalue weighted by Crippen LogP contribution is 2.36. The molecule has 1 amide bonds. The summed E-state index contributed by atoms with van der Waals surface area (Å²) in [4.78, 5) is 15.0. The van der Waals surface area contributed by atoms with Crippen LogP contribution in [0, 0.1) is 17.8 Å². The monoisotopic (exact) mass is 416 g/mol. The maximum atomic E-state index is 12.4. The molecular weight excluding hydrogens is 380 g/mol. The molecule has 6 heteroatoms. The lowest BCUT2D eigenvalue weighted by molar-refractivity contribution is -0.123. The Kier molecular flexibility index (Phi) is 7.63. The molecule has 0 aromatic heterocycles. The summed E-state index contributed by atoms with van der Waals surface area (Å²) < 4.78 is 16.7. The number of nitrogens with zero attached hydrogens (tertiary/aromatic N) is 1. The SMILES string of the molecule is COc1ccc(CN2CC[C@@H]3[C@@H](CO[C@H]3CC(=O)NCCC3CCOCC3)C2)cc1. The number of likely N-dealkylation sites (tertiary alicyclic amines) is 1. The summed E-state index contributed by atoms with van der Waals surface area (Å²) in [7, 11) is 1.70. The summed E-state index contributed by atoms with van der Waals surface area (Å²) in [5.74, 6) is 2.79. The first-order valence-corrected chi connectivity index (χ1v) is 11.5. The van der Waals surface area contributed by atoms with Crippen LogP contribution in [0.25, 0.3) is 0 Å². The van der Waals surface area contributed by atoms with Crippen molar-refractivity contribution in [3.05, 3.63) is 29.8 Å². The molecule has 4 rings (SSSR count). The van der Waals surface area contributed by atoms with Gasteiger partial charge in [-0.1, -0.05) is 12.1 Å². The molecule has 3 atom stereocenters. The molecule has 0 bridgehead atoms. The number of benzene rings is 1. The number of rotatable bonds is 8. The minimum atomic E-state index is 0.0845. The lowest BCUT2D eigenvalue weighted by atomic mass is 9.83. The number of carbonyl (C=O) groups excluding carboxylic acids is 1. The number of carbonyl (C=O) groups is 1. The van der Waals surface area contributed by atoms with Gasteiger partial charge in [-0.05, 0) is 61.8 Å². The molecule has 1 N–H and O–H groups in total. The minimum absolute atomic E-state index is 0.0845. The maximum absolute atomic E-state index is 12.4. The molecule has 3 fully saturated rings. The minimum Gasteiger partial charge on any atom is -0.497 e. The molecule has 1 aromatic rings. The van der Waals surface area contributed by atoms with Gasteiger partial charge < -0.3 is 19.5 Å². The van der Waals surface area contributed by atoms with Crippen LogP contribution in [-0.2, 0) is 20.8 Å². The van der Waals surface area contributed by atoms with Gasteiger partial charge in [-0.2, -0.15) is 0 Å². The topological polar surface area (TPSA) is 60.0 Å². The molecule has 0 spiro atoms. The fraction of sp³-hybridized carbons (Fsp3) is 0.708. The van der Waals surface area contributed by atoms with E-state index in [0.29, 0.717) is 24.2 Å². The first-order chi connectivity index (χ1) is 14.7. The fourth-order valence-corrected chi connectivity index (χ4v) is 5.21. The first-order valence-electron chi connectivity index (χ1n) is 11.5. The molecular formula is C24H36N2O4. The zero-order chi connectivity index (χ0) is 20.8. The van der Waals surface area contributed by atoms with Gasteiger partial charge in [0.1, 0.15) is 5.75 Å². The summed E-state index contributed by atoms with van der Waals surface area (Å²) >= 11 is 0. The van der Waals surface area contributed by atoms with E-state index < -0.39 is 0 Å². The maximum Gasteiger partial charge on any atom is 0.222 e. The highest BCUT2D eigenvalue weighted by molar-refractivity contribution is 5.76. The molecule has 0 aliphatic carbocycles. The Bertz CT molecular complexity index is 674. The Balaban J connectivity index is 1.18. The number of hydrogen-bond donors (Lipinski definition) is 1. The van der Waals surface area contributed by atoms with Crippen LogP contribution in [0.3, 0.4) is 0 Å². The predicted molar refractivity (Wildman–Crippen MR) is 115 cm³/mol. The van der Waals surface area contributed by atoms with Gasteiger partial charge in [-0.25, -0.2) is 0 Å². The quantitative estimate of drug-likeness (QED) is 0.706. The molecule has 0 unspecified atom stereocenters. The van der Waals surface area contributed by atoms with Crippen molar-refractivity contribution in [2.24, 2.45) is 17.8 Å². The van der Waals surface area contributed by atoms with Crippen molar-refractivity contribution >= 4 is 5.91 Å². The Labute approximate surface area is 180 Å². The number of amides is 1. The van der Waals surface area contributed by atoms with Crippen molar-refractivity contribution in [1.29, 1.82) is 0 Å². The zero-order valence-corrected chi connectivity index (χ0v) is 18.2. The van der Waals surface area contributed by atoms with Gasteiger partial charge in [-0.3, -0.25) is 9.69 Å². The third-order valence-corrected chi connectivity index (χ3v) is 7.05. The summed E-state index contributed by atoms with van der Waals surface area (Å²) in [6.07, 6.45) is 5.01. The molecule has 3 aliphatic heterocycles. The number of ether oxygens (including phenoxy) is 3. The van der Waals surface area contributed by atoms with Gasteiger partial charge in [-0.15, -0.1) is 0 Å². The van der Waals surface area contributed by atoms with Gasteiger partial charge in [0.05, 0.1) is 26.2 Å². The van der Waals surface area contributed by atoms with Crippen LogP contribution in [0.5, 0.6) is 5.75 Å². The Morgan fingerprint density at radius 1 is 1.20 bits per heavy atom. The number of methoxy groups -OCH3 is 1. The first kappa shape index (κ1) is 21.6. The average Bonchev–Trinajstić information content (AvgIpc) is 3.17. The van der Waals surface area contributed by atoms with Gasteiger partial charge in [0.15, 0.2) is 0 Å². The van der Waals surface area contributed by atoms with Gasteiger partial charge in [0.2, 0.25) is 5.91 Å². The van der Waals surface area contributed by atoms with E-state index in [9.17, 15) is 4.79 Å². The highest BCUT2D eigenvalue weighted by Gasteiger charge is 2.41. The molecule has 0 saturated carbocycles. The predicted octanol–water partition coefficient (Wildman–Crippen LogP) is 2.86. The largest absolute Gasteiger partial charge is 0.497 e. The third kappa shape index (κ3) is 5.74. The van der Waals surface area contributed by atoms with Crippen LogP contribution < -0.4 is 10.1 Å². The Morgan fingerprint density at radius 3 is 2.77 bits per heavy atom. The summed E-state index contributed by atoms with van der Waals surface area (Å²) in [6, 6.07) is 8.34. The molecule has 1 aromatic carbocycles. The van der Waals surface area contributed by atoms with Gasteiger partial charge in [0, 0.05) is 38.8 Å². The van der Waals surface area contributed by atoms with E-state index in [1.54, 1.807) is 7.11 Å². The smallest absolute Gasteiger partial charge is 0.222 e. The number of piperidine rings is 1. The molecule has 3 aliphatic rings. The van der Waals surface area contributed by atoms with E-state index in [-0.39, 0.29) is 12.0 Å². The fourth-order valence-electron chi connectivity index (χ4n) is 5.21.